The summed E-state index contributed by atoms with van der Waals surface area (Å²) in [6.07, 6.45) is 70.0. The van der Waals surface area contributed by atoms with Gasteiger partial charge in [0.05, 0.1) is 33.8 Å². The van der Waals surface area contributed by atoms with E-state index >= 15 is 0 Å². The van der Waals surface area contributed by atoms with E-state index in [1.807, 2.05) is 33.3 Å². The van der Waals surface area contributed by atoms with Gasteiger partial charge in [0.2, 0.25) is 5.91 Å². The van der Waals surface area contributed by atoms with E-state index in [1.165, 1.54) is 257 Å². The van der Waals surface area contributed by atoms with Crippen LogP contribution in [0, 0.1) is 0 Å². The van der Waals surface area contributed by atoms with Crippen LogP contribution >= 0.6 is 7.82 Å². The molecule has 1 amide bonds. The van der Waals surface area contributed by atoms with E-state index in [9.17, 15) is 19.0 Å². The van der Waals surface area contributed by atoms with E-state index in [0.717, 1.165) is 57.8 Å². The number of unbranched alkanes of at least 4 members (excludes halogenated alkanes) is 45. The van der Waals surface area contributed by atoms with E-state index < -0.39 is 20.0 Å². The fourth-order valence-electron chi connectivity index (χ4n) is 10.3. The predicted molar refractivity (Wildman–Crippen MR) is 335 cm³/mol. The molecule has 0 heterocycles. The standard InChI is InChI=1S/C68H133N2O7P/c1-7-10-13-16-19-22-25-28-30-32-34-35-37-39-41-43-46-49-52-55-58-61-68(72)77-66(59-56-53-50-47-44-27-24-21-18-15-12-9-3)65(64-76-78(73,74)75-63-62-70(4,5)6)69-67(71)60-57-54-51-48-45-42-40-38-36-33-31-29-26-23-20-17-14-11-8-2/h28,30,56,59,65-66H,7-27,29,31-55,57-58,60-64H2,1-6H3,(H-,69,71,73,74)/b30-28+,59-56+. The summed E-state index contributed by atoms with van der Waals surface area (Å²) in [5.74, 6) is -0.521. The largest absolute Gasteiger partial charge is 0.756 e. The Morgan fingerprint density at radius 3 is 1.09 bits per heavy atom. The number of hydrogen-bond donors (Lipinski definition) is 1. The van der Waals surface area contributed by atoms with Crippen LogP contribution in [0.15, 0.2) is 24.3 Å². The molecule has 0 aromatic carbocycles. The van der Waals surface area contributed by atoms with Gasteiger partial charge >= 0.3 is 5.97 Å². The van der Waals surface area contributed by atoms with Crippen LogP contribution in [-0.4, -0.2) is 69.4 Å². The smallest absolute Gasteiger partial charge is 0.306 e. The molecule has 0 aliphatic carbocycles. The molecule has 0 radical (unpaired) electrons. The first-order chi connectivity index (χ1) is 37.9. The number of phosphoric ester groups is 1. The van der Waals surface area contributed by atoms with Crippen LogP contribution in [0.25, 0.3) is 0 Å². The third-order valence-electron chi connectivity index (χ3n) is 15.6. The Bertz CT molecular complexity index is 1380. The molecule has 0 aliphatic rings. The number of esters is 1. The van der Waals surface area contributed by atoms with Crippen LogP contribution in [0.2, 0.25) is 0 Å². The number of carbonyl (C=O) groups excluding carboxylic acids is 2. The number of quaternary nitrogens is 1. The van der Waals surface area contributed by atoms with Crippen molar-refractivity contribution in [1.29, 1.82) is 0 Å². The number of ether oxygens (including phenoxy) is 1. The molecule has 10 heteroatoms. The van der Waals surface area contributed by atoms with Crippen LogP contribution in [0.4, 0.5) is 0 Å². The maximum atomic E-state index is 13.6. The zero-order valence-corrected chi connectivity index (χ0v) is 53.8. The molecular formula is C68H133N2O7P. The van der Waals surface area contributed by atoms with Crippen LogP contribution in [0.5, 0.6) is 0 Å². The van der Waals surface area contributed by atoms with Crippen LogP contribution in [0.1, 0.15) is 348 Å². The molecule has 0 aliphatic heterocycles. The van der Waals surface area contributed by atoms with Crippen molar-refractivity contribution in [3.63, 3.8) is 0 Å². The molecule has 0 spiro atoms. The number of allylic oxidation sites excluding steroid dienone is 3. The third-order valence-corrected chi connectivity index (χ3v) is 16.6. The minimum Gasteiger partial charge on any atom is -0.756 e. The highest BCUT2D eigenvalue weighted by atomic mass is 31.2. The van der Waals surface area contributed by atoms with Gasteiger partial charge in [0, 0.05) is 12.8 Å². The number of carbonyl (C=O) groups is 2. The molecule has 9 nitrogen and oxygen atoms in total. The summed E-state index contributed by atoms with van der Waals surface area (Å²) in [6, 6.07) is -0.883. The Kier molecular flexibility index (Phi) is 57.5. The Labute approximate surface area is 485 Å². The summed E-state index contributed by atoms with van der Waals surface area (Å²) in [7, 11) is 1.20. The summed E-state index contributed by atoms with van der Waals surface area (Å²) in [5.41, 5.74) is 0. The lowest BCUT2D eigenvalue weighted by molar-refractivity contribution is -0.870. The zero-order chi connectivity index (χ0) is 57.2. The minimum atomic E-state index is -4.70. The zero-order valence-electron chi connectivity index (χ0n) is 52.9. The van der Waals surface area contributed by atoms with Gasteiger partial charge in [-0.15, -0.1) is 0 Å². The topological polar surface area (TPSA) is 114 Å². The van der Waals surface area contributed by atoms with Crippen molar-refractivity contribution in [1.82, 2.24) is 5.32 Å². The average molecular weight is 1120 g/mol. The Hall–Kier alpha value is -1.51. The molecule has 0 aromatic heterocycles. The number of rotatable bonds is 63. The first kappa shape index (κ1) is 76.5. The normalized spacial score (nSPS) is 13.7. The number of likely N-dealkylation sites (N-methyl/N-ethyl adjacent to an activating group) is 1. The van der Waals surface area contributed by atoms with Gasteiger partial charge in [-0.25, -0.2) is 0 Å². The van der Waals surface area contributed by atoms with Gasteiger partial charge in [-0.1, -0.05) is 302 Å². The summed E-state index contributed by atoms with van der Waals surface area (Å²) < 4.78 is 30.4. The molecule has 3 atom stereocenters. The second-order valence-corrected chi connectivity index (χ2v) is 26.1. The van der Waals surface area contributed by atoms with Crippen molar-refractivity contribution in [3.05, 3.63) is 24.3 Å². The number of hydrogen-bond acceptors (Lipinski definition) is 7. The van der Waals surface area contributed by atoms with Crippen molar-refractivity contribution in [2.75, 3.05) is 40.9 Å². The van der Waals surface area contributed by atoms with Crippen molar-refractivity contribution in [2.24, 2.45) is 0 Å². The second-order valence-electron chi connectivity index (χ2n) is 24.7. The molecule has 0 rings (SSSR count). The van der Waals surface area contributed by atoms with E-state index in [2.05, 4.69) is 38.2 Å². The molecule has 1 N–H and O–H groups in total. The molecule has 0 saturated carbocycles. The maximum absolute atomic E-state index is 13.6. The fourth-order valence-corrected chi connectivity index (χ4v) is 11.1. The molecule has 462 valence electrons. The van der Waals surface area contributed by atoms with Crippen molar-refractivity contribution in [3.8, 4) is 0 Å². The van der Waals surface area contributed by atoms with Gasteiger partial charge in [0.15, 0.2) is 0 Å². The van der Waals surface area contributed by atoms with Gasteiger partial charge in [-0.05, 0) is 57.4 Å². The van der Waals surface area contributed by atoms with E-state index in [0.29, 0.717) is 17.4 Å². The lowest BCUT2D eigenvalue weighted by atomic mass is 10.0. The summed E-state index contributed by atoms with van der Waals surface area (Å²) in [6.45, 7) is 6.90. The van der Waals surface area contributed by atoms with Crippen molar-refractivity contribution < 1.29 is 37.3 Å². The lowest BCUT2D eigenvalue weighted by Gasteiger charge is -2.30. The highest BCUT2D eigenvalue weighted by molar-refractivity contribution is 7.45. The van der Waals surface area contributed by atoms with Gasteiger partial charge in [0.1, 0.15) is 19.3 Å². The quantitative estimate of drug-likeness (QED) is 0.0212. The van der Waals surface area contributed by atoms with E-state index in [1.54, 1.807) is 0 Å². The molecular weight excluding hydrogens is 988 g/mol. The van der Waals surface area contributed by atoms with Crippen molar-refractivity contribution >= 4 is 19.7 Å². The monoisotopic (exact) mass is 1120 g/mol. The second kappa shape index (κ2) is 58.7. The number of amides is 1. The molecule has 0 saturated heterocycles. The van der Waals surface area contributed by atoms with Gasteiger partial charge in [-0.2, -0.15) is 0 Å². The number of nitrogens with one attached hydrogen (secondary N) is 1. The first-order valence-electron chi connectivity index (χ1n) is 34.1. The number of nitrogens with zero attached hydrogens (tertiary/aromatic N) is 1. The Morgan fingerprint density at radius 2 is 0.744 bits per heavy atom. The number of phosphoric acid groups is 1. The average Bonchev–Trinajstić information content (AvgIpc) is 3.40. The highest BCUT2D eigenvalue weighted by Gasteiger charge is 2.27. The lowest BCUT2D eigenvalue weighted by Crippen LogP contribution is -2.47. The summed E-state index contributed by atoms with van der Waals surface area (Å²) in [4.78, 5) is 40.1. The molecule has 0 fully saturated rings. The fraction of sp³-hybridized carbons (Fsp3) is 0.912. The maximum Gasteiger partial charge on any atom is 0.306 e. The first-order valence-corrected chi connectivity index (χ1v) is 35.6. The Morgan fingerprint density at radius 1 is 0.436 bits per heavy atom. The van der Waals surface area contributed by atoms with Crippen molar-refractivity contribution in [2.45, 2.75) is 360 Å². The van der Waals surface area contributed by atoms with E-state index in [-0.39, 0.29) is 31.5 Å². The SMILES string of the molecule is CCCCCCCC/C=C/CCCCCCCCCCCCCC(=O)OC(/C=C/CCCCCCCCCCCC)C(COP(=O)([O-])OCC[N+](C)(C)C)NC(=O)CCCCCCCCCCCCCCCCCCCCC. The van der Waals surface area contributed by atoms with Crippen LogP contribution in [-0.2, 0) is 27.9 Å². The van der Waals surface area contributed by atoms with E-state index in [4.69, 9.17) is 13.8 Å². The minimum absolute atomic E-state index is 0.0183. The molecule has 0 aromatic rings. The third kappa shape index (κ3) is 59.1. The Balaban J connectivity index is 5.11. The highest BCUT2D eigenvalue weighted by Crippen LogP contribution is 2.38. The molecule has 0 bridgehead atoms. The van der Waals surface area contributed by atoms with Crippen LogP contribution in [0.3, 0.4) is 0 Å². The summed E-state index contributed by atoms with van der Waals surface area (Å²) in [5, 5.41) is 3.05. The molecule has 3 unspecified atom stereocenters. The van der Waals surface area contributed by atoms with Crippen LogP contribution < -0.4 is 10.2 Å². The molecule has 78 heavy (non-hydrogen) atoms. The van der Waals surface area contributed by atoms with Gasteiger partial charge in [0.25, 0.3) is 7.82 Å². The van der Waals surface area contributed by atoms with Gasteiger partial charge < -0.3 is 28.5 Å². The van der Waals surface area contributed by atoms with Gasteiger partial charge in [-0.3, -0.25) is 14.2 Å². The summed E-state index contributed by atoms with van der Waals surface area (Å²) >= 11 is 0. The predicted octanol–water partition coefficient (Wildman–Crippen LogP) is 20.7.